The third-order valence-electron chi connectivity index (χ3n) is 3.05. The van der Waals surface area contributed by atoms with E-state index in [4.69, 9.17) is 16.9 Å². The standard InChI is InChI=1S/C16H11ClN4S/c17-14-2-1-3-15(8-14)21-11-19-20-16(21)22-10-13-6-4-12(9-18)5-7-13/h1-8,11H,10H2. The molecule has 0 radical (unpaired) electrons. The van der Waals surface area contributed by atoms with Gasteiger partial charge in [0.25, 0.3) is 0 Å². The lowest BCUT2D eigenvalue weighted by Gasteiger charge is -2.06. The summed E-state index contributed by atoms with van der Waals surface area (Å²) in [4.78, 5) is 0. The van der Waals surface area contributed by atoms with E-state index in [1.165, 1.54) is 0 Å². The lowest BCUT2D eigenvalue weighted by Crippen LogP contribution is -1.95. The van der Waals surface area contributed by atoms with Gasteiger partial charge in [0.15, 0.2) is 5.16 Å². The van der Waals surface area contributed by atoms with Gasteiger partial charge in [-0.3, -0.25) is 4.57 Å². The van der Waals surface area contributed by atoms with E-state index in [-0.39, 0.29) is 0 Å². The average Bonchev–Trinajstić information content (AvgIpc) is 3.02. The van der Waals surface area contributed by atoms with Gasteiger partial charge in [0.2, 0.25) is 0 Å². The number of aromatic nitrogens is 3. The third-order valence-corrected chi connectivity index (χ3v) is 4.30. The van der Waals surface area contributed by atoms with Gasteiger partial charge in [-0.2, -0.15) is 5.26 Å². The van der Waals surface area contributed by atoms with Gasteiger partial charge in [-0.1, -0.05) is 41.6 Å². The number of hydrogen-bond donors (Lipinski definition) is 0. The van der Waals surface area contributed by atoms with Crippen molar-refractivity contribution in [2.45, 2.75) is 10.9 Å². The maximum absolute atomic E-state index is 8.81. The number of hydrogen-bond acceptors (Lipinski definition) is 4. The summed E-state index contributed by atoms with van der Waals surface area (Å²) in [7, 11) is 0. The molecule has 1 heterocycles. The summed E-state index contributed by atoms with van der Waals surface area (Å²) >= 11 is 7.61. The van der Waals surface area contributed by atoms with E-state index in [1.54, 1.807) is 18.1 Å². The molecule has 0 saturated carbocycles. The Morgan fingerprint density at radius 1 is 1.18 bits per heavy atom. The number of rotatable bonds is 4. The molecule has 22 heavy (non-hydrogen) atoms. The first-order valence-electron chi connectivity index (χ1n) is 6.54. The summed E-state index contributed by atoms with van der Waals surface area (Å²) in [6, 6.07) is 17.2. The largest absolute Gasteiger partial charge is 0.277 e. The Kier molecular flexibility index (Phi) is 4.42. The molecule has 3 aromatic rings. The van der Waals surface area contributed by atoms with Crippen LogP contribution in [0.1, 0.15) is 11.1 Å². The van der Waals surface area contributed by atoms with Crippen LogP contribution in [0.3, 0.4) is 0 Å². The van der Waals surface area contributed by atoms with Crippen molar-refractivity contribution in [1.82, 2.24) is 14.8 Å². The first kappa shape index (κ1) is 14.6. The molecule has 0 spiro atoms. The van der Waals surface area contributed by atoms with Crippen LogP contribution in [0.2, 0.25) is 5.02 Å². The average molecular weight is 327 g/mol. The summed E-state index contributed by atoms with van der Waals surface area (Å²) in [6.07, 6.45) is 1.67. The lowest BCUT2D eigenvalue weighted by atomic mass is 10.2. The molecule has 0 amide bonds. The molecule has 108 valence electrons. The fourth-order valence-corrected chi connectivity index (χ4v) is 3.02. The third kappa shape index (κ3) is 3.30. The van der Waals surface area contributed by atoms with E-state index in [1.807, 2.05) is 53.1 Å². The molecule has 0 aliphatic carbocycles. The van der Waals surface area contributed by atoms with Crippen molar-refractivity contribution in [3.8, 4) is 11.8 Å². The van der Waals surface area contributed by atoms with Crippen molar-refractivity contribution in [2.75, 3.05) is 0 Å². The molecule has 1 aromatic heterocycles. The normalized spacial score (nSPS) is 10.4. The van der Waals surface area contributed by atoms with Crippen molar-refractivity contribution < 1.29 is 0 Å². The molecular weight excluding hydrogens is 316 g/mol. The predicted molar refractivity (Wildman–Crippen MR) is 87.1 cm³/mol. The minimum Gasteiger partial charge on any atom is -0.277 e. The Hall–Kier alpha value is -2.29. The van der Waals surface area contributed by atoms with Gasteiger partial charge < -0.3 is 0 Å². The molecule has 0 bridgehead atoms. The summed E-state index contributed by atoms with van der Waals surface area (Å²) in [6.45, 7) is 0. The topological polar surface area (TPSA) is 54.5 Å². The van der Waals surface area contributed by atoms with E-state index in [2.05, 4.69) is 16.3 Å². The maximum Gasteiger partial charge on any atom is 0.195 e. The van der Waals surface area contributed by atoms with Crippen LogP contribution < -0.4 is 0 Å². The highest BCUT2D eigenvalue weighted by Gasteiger charge is 2.08. The highest BCUT2D eigenvalue weighted by Crippen LogP contribution is 2.24. The van der Waals surface area contributed by atoms with Crippen molar-refractivity contribution in [3.63, 3.8) is 0 Å². The molecule has 0 unspecified atom stereocenters. The first-order valence-corrected chi connectivity index (χ1v) is 7.90. The van der Waals surface area contributed by atoms with Crippen LogP contribution in [0.4, 0.5) is 0 Å². The minimum absolute atomic E-state index is 0.663. The fourth-order valence-electron chi connectivity index (χ4n) is 1.95. The smallest absolute Gasteiger partial charge is 0.195 e. The Labute approximate surface area is 137 Å². The minimum atomic E-state index is 0.663. The second kappa shape index (κ2) is 6.65. The van der Waals surface area contributed by atoms with Crippen LogP contribution in [0, 0.1) is 11.3 Å². The number of nitrogens with zero attached hydrogens (tertiary/aromatic N) is 4. The SMILES string of the molecule is N#Cc1ccc(CSc2nncn2-c2cccc(Cl)c2)cc1. The van der Waals surface area contributed by atoms with Crippen molar-refractivity contribution in [2.24, 2.45) is 0 Å². The van der Waals surface area contributed by atoms with Crippen LogP contribution in [0.25, 0.3) is 5.69 Å². The van der Waals surface area contributed by atoms with E-state index < -0.39 is 0 Å². The Bertz CT molecular complexity index is 821. The van der Waals surface area contributed by atoms with Gasteiger partial charge in [-0.15, -0.1) is 10.2 Å². The van der Waals surface area contributed by atoms with Crippen molar-refractivity contribution in [3.05, 3.63) is 71.0 Å². The molecule has 3 rings (SSSR count). The van der Waals surface area contributed by atoms with E-state index in [0.29, 0.717) is 10.6 Å². The zero-order valence-corrected chi connectivity index (χ0v) is 13.1. The number of thioether (sulfide) groups is 1. The number of halogens is 1. The van der Waals surface area contributed by atoms with Gasteiger partial charge in [0, 0.05) is 10.8 Å². The lowest BCUT2D eigenvalue weighted by molar-refractivity contribution is 0.884. The quantitative estimate of drug-likeness (QED) is 0.678. The second-order valence-electron chi connectivity index (χ2n) is 4.56. The fraction of sp³-hybridized carbons (Fsp3) is 0.0625. The maximum atomic E-state index is 8.81. The van der Waals surface area contributed by atoms with Crippen LogP contribution in [-0.4, -0.2) is 14.8 Å². The highest BCUT2D eigenvalue weighted by atomic mass is 35.5. The molecule has 6 heteroatoms. The molecule has 0 fully saturated rings. The van der Waals surface area contributed by atoms with Crippen molar-refractivity contribution >= 4 is 23.4 Å². The molecular formula is C16H11ClN4S. The van der Waals surface area contributed by atoms with Crippen LogP contribution in [0.5, 0.6) is 0 Å². The van der Waals surface area contributed by atoms with Crippen molar-refractivity contribution in [1.29, 1.82) is 5.26 Å². The molecule has 0 aliphatic rings. The highest BCUT2D eigenvalue weighted by molar-refractivity contribution is 7.98. The van der Waals surface area contributed by atoms with E-state index >= 15 is 0 Å². The summed E-state index contributed by atoms with van der Waals surface area (Å²) in [5.41, 5.74) is 2.72. The Morgan fingerprint density at radius 2 is 2.00 bits per heavy atom. The summed E-state index contributed by atoms with van der Waals surface area (Å²) in [5.74, 6) is 0.755. The molecule has 0 N–H and O–H groups in total. The Balaban J connectivity index is 1.76. The number of benzene rings is 2. The molecule has 2 aromatic carbocycles. The van der Waals surface area contributed by atoms with E-state index in [0.717, 1.165) is 22.2 Å². The monoisotopic (exact) mass is 326 g/mol. The summed E-state index contributed by atoms with van der Waals surface area (Å²) < 4.78 is 1.90. The molecule has 0 atom stereocenters. The van der Waals surface area contributed by atoms with Gasteiger partial charge in [-0.25, -0.2) is 0 Å². The Morgan fingerprint density at radius 3 is 2.73 bits per heavy atom. The van der Waals surface area contributed by atoms with Gasteiger partial charge in [0.1, 0.15) is 6.33 Å². The van der Waals surface area contributed by atoms with Gasteiger partial charge in [-0.05, 0) is 35.9 Å². The van der Waals surface area contributed by atoms with E-state index in [9.17, 15) is 0 Å². The second-order valence-corrected chi connectivity index (χ2v) is 5.94. The molecule has 0 aliphatic heterocycles. The van der Waals surface area contributed by atoms with Crippen LogP contribution >= 0.6 is 23.4 Å². The zero-order chi connectivity index (χ0) is 15.4. The van der Waals surface area contributed by atoms with Crippen LogP contribution in [0.15, 0.2) is 60.0 Å². The summed E-state index contributed by atoms with van der Waals surface area (Å²) in [5, 5.41) is 18.4. The molecule has 0 saturated heterocycles. The van der Waals surface area contributed by atoms with Crippen LogP contribution in [-0.2, 0) is 5.75 Å². The molecule has 4 nitrogen and oxygen atoms in total. The van der Waals surface area contributed by atoms with Gasteiger partial charge >= 0.3 is 0 Å². The predicted octanol–water partition coefficient (Wildman–Crippen LogP) is 4.08. The first-order chi connectivity index (χ1) is 10.8. The number of nitriles is 1. The zero-order valence-electron chi connectivity index (χ0n) is 11.5. The van der Waals surface area contributed by atoms with Gasteiger partial charge in [0.05, 0.1) is 17.3 Å².